The molecule has 2 atom stereocenters. The average molecular weight is 216 g/mol. The van der Waals surface area contributed by atoms with Gasteiger partial charge >= 0.3 is 5.97 Å². The molecule has 0 aromatic heterocycles. The Kier molecular flexibility index (Phi) is 6.52. The van der Waals surface area contributed by atoms with E-state index in [9.17, 15) is 4.79 Å². The van der Waals surface area contributed by atoms with Crippen molar-refractivity contribution in [2.75, 3.05) is 20.6 Å². The van der Waals surface area contributed by atoms with E-state index in [1.54, 1.807) is 7.05 Å². The molecule has 0 aliphatic carbocycles. The molecule has 2 unspecified atom stereocenters. The molecule has 0 saturated heterocycles. The molecule has 0 fully saturated rings. The van der Waals surface area contributed by atoms with Gasteiger partial charge in [0.15, 0.2) is 0 Å². The van der Waals surface area contributed by atoms with Gasteiger partial charge in [0.05, 0.1) is 0 Å². The van der Waals surface area contributed by atoms with E-state index in [2.05, 4.69) is 31.0 Å². The summed E-state index contributed by atoms with van der Waals surface area (Å²) in [5.41, 5.74) is 0. The number of carbonyl (C=O) groups is 1. The molecule has 4 nitrogen and oxygen atoms in total. The highest BCUT2D eigenvalue weighted by Gasteiger charge is 2.20. The Morgan fingerprint density at radius 2 is 1.93 bits per heavy atom. The second kappa shape index (κ2) is 6.80. The van der Waals surface area contributed by atoms with Crippen molar-refractivity contribution < 1.29 is 9.90 Å². The van der Waals surface area contributed by atoms with E-state index in [0.717, 1.165) is 6.42 Å². The summed E-state index contributed by atoms with van der Waals surface area (Å²) < 4.78 is 0. The van der Waals surface area contributed by atoms with Crippen molar-refractivity contribution in [2.24, 2.45) is 5.92 Å². The molecule has 0 amide bonds. The van der Waals surface area contributed by atoms with Crippen LogP contribution in [0.5, 0.6) is 0 Å². The van der Waals surface area contributed by atoms with Gasteiger partial charge in [-0.2, -0.15) is 0 Å². The third-order valence-corrected chi connectivity index (χ3v) is 2.68. The van der Waals surface area contributed by atoms with Crippen molar-refractivity contribution in [3.8, 4) is 0 Å². The summed E-state index contributed by atoms with van der Waals surface area (Å²) in [7, 11) is 3.65. The van der Waals surface area contributed by atoms with Crippen LogP contribution in [0.15, 0.2) is 0 Å². The van der Waals surface area contributed by atoms with Crippen LogP contribution >= 0.6 is 0 Å². The Morgan fingerprint density at radius 1 is 1.40 bits per heavy atom. The predicted molar refractivity (Wildman–Crippen MR) is 62.0 cm³/mol. The molecule has 0 rings (SSSR count). The first-order valence-electron chi connectivity index (χ1n) is 5.48. The molecule has 0 aliphatic rings. The Labute approximate surface area is 92.7 Å². The molecule has 0 aromatic rings. The van der Waals surface area contributed by atoms with E-state index in [1.165, 1.54) is 0 Å². The van der Waals surface area contributed by atoms with Gasteiger partial charge in [0.2, 0.25) is 0 Å². The van der Waals surface area contributed by atoms with E-state index in [-0.39, 0.29) is 0 Å². The molecule has 2 N–H and O–H groups in total. The molecule has 90 valence electrons. The van der Waals surface area contributed by atoms with Gasteiger partial charge in [-0.15, -0.1) is 0 Å². The molecule has 0 aromatic carbocycles. The molecule has 15 heavy (non-hydrogen) atoms. The highest BCUT2D eigenvalue weighted by atomic mass is 16.4. The maximum absolute atomic E-state index is 10.8. The minimum absolute atomic E-state index is 0.417. The first-order chi connectivity index (χ1) is 6.88. The third kappa shape index (κ3) is 5.74. The first-order valence-corrected chi connectivity index (χ1v) is 5.48. The van der Waals surface area contributed by atoms with Gasteiger partial charge in [0, 0.05) is 12.6 Å². The number of rotatable bonds is 7. The number of hydrogen-bond donors (Lipinski definition) is 2. The van der Waals surface area contributed by atoms with Crippen LogP contribution in [0.1, 0.15) is 27.2 Å². The number of likely N-dealkylation sites (N-methyl/N-ethyl adjacent to an activating group) is 2. The van der Waals surface area contributed by atoms with E-state index in [0.29, 0.717) is 18.5 Å². The van der Waals surface area contributed by atoms with Crippen molar-refractivity contribution in [3.05, 3.63) is 0 Å². The molecule has 0 bridgehead atoms. The standard InChI is InChI=1S/C11H24N2O2/c1-8(2)6-9(3)13(5)7-10(12-4)11(14)15/h8-10,12H,6-7H2,1-5H3,(H,14,15). The fourth-order valence-electron chi connectivity index (χ4n) is 1.62. The molecule has 0 saturated carbocycles. The van der Waals surface area contributed by atoms with Crippen LogP contribution in [0.3, 0.4) is 0 Å². The summed E-state index contributed by atoms with van der Waals surface area (Å²) in [5.74, 6) is -0.151. The van der Waals surface area contributed by atoms with E-state index >= 15 is 0 Å². The second-order valence-electron chi connectivity index (χ2n) is 4.60. The summed E-state index contributed by atoms with van der Waals surface area (Å²) in [6.45, 7) is 7.03. The summed E-state index contributed by atoms with van der Waals surface area (Å²) in [6, 6.07) is -0.0650. The molecule has 0 heterocycles. The average Bonchev–Trinajstić information content (AvgIpc) is 2.11. The molecule has 0 spiro atoms. The summed E-state index contributed by atoms with van der Waals surface area (Å²) in [4.78, 5) is 12.9. The molecule has 0 radical (unpaired) electrons. The summed E-state index contributed by atoms with van der Waals surface area (Å²) in [5, 5.41) is 11.7. The van der Waals surface area contributed by atoms with Crippen molar-refractivity contribution in [1.29, 1.82) is 0 Å². The van der Waals surface area contributed by atoms with Crippen LogP contribution in [-0.4, -0.2) is 48.7 Å². The first kappa shape index (κ1) is 14.4. The topological polar surface area (TPSA) is 52.6 Å². The lowest BCUT2D eigenvalue weighted by Gasteiger charge is -2.28. The zero-order valence-electron chi connectivity index (χ0n) is 10.4. The lowest BCUT2D eigenvalue weighted by atomic mass is 10.0. The quantitative estimate of drug-likeness (QED) is 0.667. The third-order valence-electron chi connectivity index (χ3n) is 2.68. The Balaban J connectivity index is 4.09. The minimum atomic E-state index is -0.791. The lowest BCUT2D eigenvalue weighted by molar-refractivity contribution is -0.139. The SMILES string of the molecule is CNC(CN(C)C(C)CC(C)C)C(=O)O. The molecular formula is C11H24N2O2. The van der Waals surface area contributed by atoms with E-state index in [4.69, 9.17) is 5.11 Å². The van der Waals surface area contributed by atoms with Gasteiger partial charge in [-0.05, 0) is 33.4 Å². The maximum Gasteiger partial charge on any atom is 0.322 e. The zero-order valence-corrected chi connectivity index (χ0v) is 10.4. The summed E-state index contributed by atoms with van der Waals surface area (Å²) >= 11 is 0. The lowest BCUT2D eigenvalue weighted by Crippen LogP contribution is -2.46. The number of aliphatic carboxylic acids is 1. The fraction of sp³-hybridized carbons (Fsp3) is 0.909. The van der Waals surface area contributed by atoms with Crippen LogP contribution in [-0.2, 0) is 4.79 Å². The number of carboxylic acids is 1. The molecular weight excluding hydrogens is 192 g/mol. The van der Waals surface area contributed by atoms with E-state index in [1.807, 2.05) is 7.05 Å². The smallest absolute Gasteiger partial charge is 0.322 e. The van der Waals surface area contributed by atoms with Gasteiger partial charge < -0.3 is 15.3 Å². The van der Waals surface area contributed by atoms with Gasteiger partial charge in [-0.25, -0.2) is 0 Å². The van der Waals surface area contributed by atoms with Crippen molar-refractivity contribution in [3.63, 3.8) is 0 Å². The number of hydrogen-bond acceptors (Lipinski definition) is 3. The molecule has 4 heteroatoms. The summed E-state index contributed by atoms with van der Waals surface area (Å²) in [6.07, 6.45) is 1.09. The van der Waals surface area contributed by atoms with Crippen molar-refractivity contribution in [2.45, 2.75) is 39.3 Å². The Hall–Kier alpha value is -0.610. The normalized spacial score (nSPS) is 15.7. The van der Waals surface area contributed by atoms with Gasteiger partial charge in [-0.1, -0.05) is 13.8 Å². The highest BCUT2D eigenvalue weighted by molar-refractivity contribution is 5.73. The monoisotopic (exact) mass is 216 g/mol. The van der Waals surface area contributed by atoms with Crippen molar-refractivity contribution >= 4 is 5.97 Å². The molecule has 0 aliphatic heterocycles. The highest BCUT2D eigenvalue weighted by Crippen LogP contribution is 2.09. The van der Waals surface area contributed by atoms with Gasteiger partial charge in [-0.3, -0.25) is 4.79 Å². The van der Waals surface area contributed by atoms with Crippen LogP contribution < -0.4 is 5.32 Å². The Morgan fingerprint density at radius 3 is 2.27 bits per heavy atom. The predicted octanol–water partition coefficient (Wildman–Crippen LogP) is 1.03. The van der Waals surface area contributed by atoms with Crippen LogP contribution in [0.2, 0.25) is 0 Å². The van der Waals surface area contributed by atoms with E-state index < -0.39 is 12.0 Å². The van der Waals surface area contributed by atoms with Crippen molar-refractivity contribution in [1.82, 2.24) is 10.2 Å². The maximum atomic E-state index is 10.8. The zero-order chi connectivity index (χ0) is 12.0. The number of carboxylic acid groups (broad SMARTS) is 1. The fourth-order valence-corrected chi connectivity index (χ4v) is 1.62. The van der Waals surface area contributed by atoms with Gasteiger partial charge in [0.25, 0.3) is 0 Å². The number of nitrogens with zero attached hydrogens (tertiary/aromatic N) is 1. The van der Waals surface area contributed by atoms with Gasteiger partial charge in [0.1, 0.15) is 6.04 Å². The largest absolute Gasteiger partial charge is 0.480 e. The van der Waals surface area contributed by atoms with Crippen LogP contribution in [0.4, 0.5) is 0 Å². The minimum Gasteiger partial charge on any atom is -0.480 e. The Bertz CT molecular complexity index is 195. The second-order valence-corrected chi connectivity index (χ2v) is 4.60. The number of nitrogens with one attached hydrogen (secondary N) is 1. The van der Waals surface area contributed by atoms with Crippen LogP contribution in [0.25, 0.3) is 0 Å². The van der Waals surface area contributed by atoms with Crippen LogP contribution in [0, 0.1) is 5.92 Å².